The second-order valence-corrected chi connectivity index (χ2v) is 10.5. The van der Waals surface area contributed by atoms with Crippen molar-refractivity contribution >= 4 is 51.2 Å². The highest BCUT2D eigenvalue weighted by Gasteiger charge is 2.19. The van der Waals surface area contributed by atoms with Crippen molar-refractivity contribution in [3.05, 3.63) is 28.0 Å². The minimum atomic E-state index is 0.240. The molecule has 3 aromatic rings. The van der Waals surface area contributed by atoms with E-state index in [1.54, 1.807) is 18.0 Å². The number of ether oxygens (including phenoxy) is 2. The number of hydrogen-bond donors (Lipinski definition) is 2. The Morgan fingerprint density at radius 3 is 2.70 bits per heavy atom. The van der Waals surface area contributed by atoms with Crippen LogP contribution in [0.25, 0.3) is 11.0 Å². The molecule has 160 valence electrons. The van der Waals surface area contributed by atoms with E-state index in [9.17, 15) is 0 Å². The van der Waals surface area contributed by atoms with E-state index in [4.69, 9.17) is 20.2 Å². The molecule has 0 aliphatic carbocycles. The van der Waals surface area contributed by atoms with E-state index in [0.29, 0.717) is 19.0 Å². The molecule has 0 bridgehead atoms. The number of pyridine rings is 1. The zero-order valence-corrected chi connectivity index (χ0v) is 20.3. The molecule has 3 heterocycles. The number of halogens is 1. The first-order chi connectivity index (χ1) is 14.3. The van der Waals surface area contributed by atoms with Crippen LogP contribution >= 0.6 is 34.4 Å². The lowest BCUT2D eigenvalue weighted by molar-refractivity contribution is 0.171. The monoisotopic (exact) mass is 543 g/mol. The molecule has 0 spiro atoms. The number of aromatic nitrogens is 3. The Morgan fingerprint density at radius 1 is 1.23 bits per heavy atom. The Labute approximate surface area is 194 Å². The molecule has 0 amide bonds. The molecule has 1 aliphatic rings. The summed E-state index contributed by atoms with van der Waals surface area (Å²) in [6.45, 7) is 10.4. The van der Waals surface area contributed by atoms with Gasteiger partial charge in [0.1, 0.15) is 18.7 Å². The summed E-state index contributed by atoms with van der Waals surface area (Å²) in [5.41, 5.74) is 8.09. The van der Waals surface area contributed by atoms with E-state index in [-0.39, 0.29) is 5.41 Å². The summed E-state index contributed by atoms with van der Waals surface area (Å²) in [6.07, 6.45) is 1.74. The van der Waals surface area contributed by atoms with Gasteiger partial charge in [-0.05, 0) is 46.2 Å². The van der Waals surface area contributed by atoms with Gasteiger partial charge in [-0.25, -0.2) is 9.97 Å². The minimum Gasteiger partial charge on any atom is -0.486 e. The minimum absolute atomic E-state index is 0.240. The van der Waals surface area contributed by atoms with Crippen LogP contribution in [0.1, 0.15) is 20.8 Å². The molecule has 0 atom stereocenters. The molecule has 7 nitrogen and oxygen atoms in total. The molecule has 1 aromatic carbocycles. The SMILES string of the molecule is CC(C)(C)CNCCn1c(Sc2cc3c(cc2[131I])OCCO3)nc2c(N)nccc21. The molecule has 1 aliphatic heterocycles. The van der Waals surface area contributed by atoms with E-state index in [0.717, 1.165) is 55.8 Å². The fourth-order valence-corrected chi connectivity index (χ4v) is 4.95. The Balaban J connectivity index is 1.64. The molecule has 0 saturated carbocycles. The standard InChI is InChI=1S/C21H26IN5O2S/c1-21(2,3)12-24-6-7-27-14-4-5-25-19(23)18(14)26-20(27)30-17-11-16-15(10-13(17)22)28-8-9-29-16/h4-5,10-11,24H,6-9,12H2,1-3H3,(H2,23,25)/i22+4. The fourth-order valence-electron chi connectivity index (χ4n) is 3.22. The third-order valence-corrected chi connectivity index (χ3v) is 6.94. The molecule has 0 radical (unpaired) electrons. The summed E-state index contributed by atoms with van der Waals surface area (Å²) in [5.74, 6) is 2.02. The largest absolute Gasteiger partial charge is 0.486 e. The van der Waals surface area contributed by atoms with Gasteiger partial charge in [-0.2, -0.15) is 0 Å². The van der Waals surface area contributed by atoms with Gasteiger partial charge in [0.25, 0.3) is 0 Å². The van der Waals surface area contributed by atoms with Crippen LogP contribution in [0.15, 0.2) is 34.4 Å². The average Bonchev–Trinajstić information content (AvgIpc) is 3.04. The molecule has 0 unspecified atom stereocenters. The van der Waals surface area contributed by atoms with Crippen LogP contribution in [0.4, 0.5) is 5.82 Å². The van der Waals surface area contributed by atoms with Gasteiger partial charge in [-0.15, -0.1) is 0 Å². The summed E-state index contributed by atoms with van der Waals surface area (Å²) in [7, 11) is 0. The van der Waals surface area contributed by atoms with Gasteiger partial charge in [0, 0.05) is 34.3 Å². The van der Waals surface area contributed by atoms with E-state index in [2.05, 4.69) is 58.2 Å². The van der Waals surface area contributed by atoms with E-state index >= 15 is 0 Å². The third kappa shape index (κ3) is 4.78. The van der Waals surface area contributed by atoms with Crippen LogP contribution in [0.3, 0.4) is 0 Å². The Kier molecular flexibility index (Phi) is 6.31. The van der Waals surface area contributed by atoms with E-state index in [1.807, 2.05) is 18.2 Å². The maximum absolute atomic E-state index is 6.11. The van der Waals surface area contributed by atoms with Crippen LogP contribution in [0, 0.1) is 8.99 Å². The number of nitrogens with one attached hydrogen (secondary N) is 1. The Morgan fingerprint density at radius 2 is 1.97 bits per heavy atom. The highest BCUT2D eigenvalue weighted by Crippen LogP contribution is 2.40. The fraction of sp³-hybridized carbons (Fsp3) is 0.429. The van der Waals surface area contributed by atoms with Crippen LogP contribution in [-0.2, 0) is 6.54 Å². The summed E-state index contributed by atoms with van der Waals surface area (Å²) < 4.78 is 14.8. The molecule has 3 N–H and O–H groups in total. The van der Waals surface area contributed by atoms with E-state index in [1.165, 1.54) is 0 Å². The van der Waals surface area contributed by atoms with Crippen molar-refractivity contribution in [2.24, 2.45) is 5.41 Å². The topological polar surface area (TPSA) is 87.2 Å². The molecule has 0 fully saturated rings. The van der Waals surface area contributed by atoms with Crippen molar-refractivity contribution in [2.45, 2.75) is 37.4 Å². The van der Waals surface area contributed by atoms with Gasteiger partial charge in [0.05, 0.1) is 5.52 Å². The number of imidazole rings is 1. The van der Waals surface area contributed by atoms with Gasteiger partial charge >= 0.3 is 0 Å². The predicted octanol–water partition coefficient (Wildman–Crippen LogP) is 4.18. The van der Waals surface area contributed by atoms with Gasteiger partial charge in [0.2, 0.25) is 0 Å². The molecule has 4 rings (SSSR count). The lowest BCUT2D eigenvalue weighted by Crippen LogP contribution is -2.29. The lowest BCUT2D eigenvalue weighted by atomic mass is 9.97. The Hall–Kier alpha value is -1.72. The number of rotatable bonds is 6. The summed E-state index contributed by atoms with van der Waals surface area (Å²) >= 11 is 3.94. The molecule has 2 aromatic heterocycles. The predicted molar refractivity (Wildman–Crippen MR) is 129 cm³/mol. The van der Waals surface area contributed by atoms with Crippen molar-refractivity contribution < 1.29 is 9.47 Å². The van der Waals surface area contributed by atoms with Crippen LogP contribution in [0.2, 0.25) is 0 Å². The number of anilines is 1. The smallest absolute Gasteiger partial charge is 0.174 e. The number of nitrogen functional groups attached to an aromatic ring is 1. The first kappa shape index (κ1) is 21.5. The summed E-state index contributed by atoms with van der Waals surface area (Å²) in [6, 6.07) is 6.02. The third-order valence-electron chi connectivity index (χ3n) is 4.63. The summed E-state index contributed by atoms with van der Waals surface area (Å²) in [5, 5.41) is 4.43. The van der Waals surface area contributed by atoms with Crippen molar-refractivity contribution in [1.82, 2.24) is 19.9 Å². The first-order valence-corrected chi connectivity index (χ1v) is 11.8. The van der Waals surface area contributed by atoms with Crippen molar-refractivity contribution in [2.75, 3.05) is 32.0 Å². The van der Waals surface area contributed by atoms with Crippen molar-refractivity contribution in [1.29, 1.82) is 0 Å². The Bertz CT molecular complexity index is 1060. The van der Waals surface area contributed by atoms with Gasteiger partial charge < -0.3 is 25.1 Å². The first-order valence-electron chi connectivity index (χ1n) is 9.90. The maximum Gasteiger partial charge on any atom is 0.174 e. The molecular formula is C21H26IN5O2S. The number of nitrogens with two attached hydrogens (primary N) is 1. The van der Waals surface area contributed by atoms with E-state index < -0.39 is 0 Å². The second-order valence-electron chi connectivity index (χ2n) is 8.38. The number of nitrogens with zero attached hydrogens (tertiary/aromatic N) is 3. The number of fused-ring (bicyclic) bond motifs is 2. The van der Waals surface area contributed by atoms with Crippen molar-refractivity contribution in [3.63, 3.8) is 0 Å². The highest BCUT2D eigenvalue weighted by molar-refractivity contribution is 14.1. The van der Waals surface area contributed by atoms with Gasteiger partial charge in [-0.3, -0.25) is 0 Å². The average molecular weight is 543 g/mol. The summed E-state index contributed by atoms with van der Waals surface area (Å²) in [4.78, 5) is 10.1. The van der Waals surface area contributed by atoms with Crippen LogP contribution in [-0.4, -0.2) is 40.8 Å². The van der Waals surface area contributed by atoms with Crippen LogP contribution in [0.5, 0.6) is 11.5 Å². The molecular weight excluding hydrogens is 517 g/mol. The maximum atomic E-state index is 6.11. The molecule has 9 heteroatoms. The number of benzene rings is 1. The lowest BCUT2D eigenvalue weighted by Gasteiger charge is -2.20. The number of hydrogen-bond acceptors (Lipinski definition) is 7. The van der Waals surface area contributed by atoms with Gasteiger partial charge in [0.15, 0.2) is 22.5 Å². The zero-order valence-electron chi connectivity index (χ0n) is 17.4. The highest BCUT2D eigenvalue weighted by atomic mass is 131. The van der Waals surface area contributed by atoms with Gasteiger partial charge in [-0.1, -0.05) is 32.5 Å². The molecule has 0 saturated heterocycles. The quantitative estimate of drug-likeness (QED) is 0.357. The zero-order chi connectivity index (χ0) is 21.3. The van der Waals surface area contributed by atoms with Crippen LogP contribution < -0.4 is 20.5 Å². The van der Waals surface area contributed by atoms with Crippen molar-refractivity contribution in [3.8, 4) is 11.5 Å². The normalized spacial score (nSPS) is 13.7. The second kappa shape index (κ2) is 8.80. The molecule has 30 heavy (non-hydrogen) atoms.